The highest BCUT2D eigenvalue weighted by Crippen LogP contribution is 2.19. The molecule has 0 saturated carbocycles. The summed E-state index contributed by atoms with van der Waals surface area (Å²) in [5, 5.41) is 0. The molecule has 150 valence electrons. The topological polar surface area (TPSA) is 70.2 Å². The van der Waals surface area contributed by atoms with E-state index in [9.17, 15) is 17.6 Å². The summed E-state index contributed by atoms with van der Waals surface area (Å²) in [6, 6.07) is 6.20. The number of morpholine rings is 1. The molecular formula is C18H26FN3O4S. The SMILES string of the molecule is C[C@@H]1CN(S(=O)(=O)N2CCN(C(=O)Cc3ccccc3F)CC2)C[C@@H](C)O1. The summed E-state index contributed by atoms with van der Waals surface area (Å²) in [7, 11) is -3.58. The smallest absolute Gasteiger partial charge is 0.282 e. The summed E-state index contributed by atoms with van der Waals surface area (Å²) < 4.78 is 48.0. The van der Waals surface area contributed by atoms with Crippen LogP contribution >= 0.6 is 0 Å². The molecule has 2 aliphatic rings. The van der Waals surface area contributed by atoms with Crippen LogP contribution in [0.1, 0.15) is 19.4 Å². The van der Waals surface area contributed by atoms with E-state index in [-0.39, 0.29) is 37.6 Å². The highest BCUT2D eigenvalue weighted by molar-refractivity contribution is 7.86. The van der Waals surface area contributed by atoms with Crippen LogP contribution in [0.15, 0.2) is 24.3 Å². The highest BCUT2D eigenvalue weighted by atomic mass is 32.2. The third-order valence-corrected chi connectivity index (χ3v) is 6.90. The molecule has 2 aliphatic heterocycles. The van der Waals surface area contributed by atoms with Crippen LogP contribution in [0.3, 0.4) is 0 Å². The third-order valence-electron chi connectivity index (χ3n) is 4.93. The Labute approximate surface area is 159 Å². The molecule has 2 fully saturated rings. The first-order valence-electron chi connectivity index (χ1n) is 9.19. The average molecular weight is 399 g/mol. The molecule has 1 aromatic carbocycles. The molecule has 2 saturated heterocycles. The maximum absolute atomic E-state index is 13.7. The van der Waals surface area contributed by atoms with E-state index in [0.717, 1.165) is 0 Å². The maximum atomic E-state index is 13.7. The van der Waals surface area contributed by atoms with Gasteiger partial charge in [-0.25, -0.2) is 4.39 Å². The summed E-state index contributed by atoms with van der Waals surface area (Å²) in [5.74, 6) is -0.589. The monoisotopic (exact) mass is 399 g/mol. The summed E-state index contributed by atoms with van der Waals surface area (Å²) in [6.07, 6.45) is -0.308. The van der Waals surface area contributed by atoms with E-state index in [1.54, 1.807) is 23.1 Å². The molecule has 9 heteroatoms. The van der Waals surface area contributed by atoms with Crippen molar-refractivity contribution >= 4 is 16.1 Å². The summed E-state index contributed by atoms with van der Waals surface area (Å²) in [6.45, 7) is 5.48. The van der Waals surface area contributed by atoms with Gasteiger partial charge in [-0.3, -0.25) is 4.79 Å². The van der Waals surface area contributed by atoms with Gasteiger partial charge in [0.1, 0.15) is 5.82 Å². The van der Waals surface area contributed by atoms with Crippen molar-refractivity contribution < 1.29 is 22.3 Å². The Morgan fingerprint density at radius 1 is 1.07 bits per heavy atom. The van der Waals surface area contributed by atoms with Crippen LogP contribution in [0, 0.1) is 5.82 Å². The lowest BCUT2D eigenvalue weighted by molar-refractivity contribution is -0.131. The summed E-state index contributed by atoms with van der Waals surface area (Å²) in [5.41, 5.74) is 0.355. The lowest BCUT2D eigenvalue weighted by Gasteiger charge is -2.40. The number of nitrogens with zero attached hydrogens (tertiary/aromatic N) is 3. The minimum Gasteiger partial charge on any atom is -0.373 e. The molecule has 0 unspecified atom stereocenters. The number of carbonyl (C=O) groups excluding carboxylic acids is 1. The predicted molar refractivity (Wildman–Crippen MR) is 98.8 cm³/mol. The molecule has 0 spiro atoms. The Morgan fingerprint density at radius 3 is 2.26 bits per heavy atom. The second-order valence-corrected chi connectivity index (χ2v) is 9.06. The Kier molecular flexibility index (Phi) is 6.15. The Bertz CT molecular complexity index is 771. The largest absolute Gasteiger partial charge is 0.373 e. The van der Waals surface area contributed by atoms with Crippen molar-refractivity contribution in [3.05, 3.63) is 35.6 Å². The molecule has 0 aromatic heterocycles. The van der Waals surface area contributed by atoms with E-state index < -0.39 is 16.0 Å². The number of ether oxygens (including phenoxy) is 1. The maximum Gasteiger partial charge on any atom is 0.282 e. The van der Waals surface area contributed by atoms with Gasteiger partial charge in [-0.15, -0.1) is 0 Å². The van der Waals surface area contributed by atoms with E-state index in [1.165, 1.54) is 14.7 Å². The number of hydrogen-bond acceptors (Lipinski definition) is 4. The second kappa shape index (κ2) is 8.22. The van der Waals surface area contributed by atoms with Crippen molar-refractivity contribution in [2.75, 3.05) is 39.3 Å². The van der Waals surface area contributed by atoms with Crippen molar-refractivity contribution in [3.63, 3.8) is 0 Å². The van der Waals surface area contributed by atoms with Crippen molar-refractivity contribution in [2.45, 2.75) is 32.5 Å². The van der Waals surface area contributed by atoms with Crippen LogP contribution in [0.2, 0.25) is 0 Å². The van der Waals surface area contributed by atoms with Gasteiger partial charge in [0.25, 0.3) is 10.2 Å². The zero-order valence-corrected chi connectivity index (χ0v) is 16.5. The fourth-order valence-electron chi connectivity index (χ4n) is 3.57. The zero-order valence-electron chi connectivity index (χ0n) is 15.7. The van der Waals surface area contributed by atoms with E-state index in [1.807, 2.05) is 13.8 Å². The van der Waals surface area contributed by atoms with E-state index in [4.69, 9.17) is 4.74 Å². The first kappa shape index (κ1) is 20.2. The van der Waals surface area contributed by atoms with Crippen molar-refractivity contribution in [3.8, 4) is 0 Å². The number of hydrogen-bond donors (Lipinski definition) is 0. The molecule has 27 heavy (non-hydrogen) atoms. The lowest BCUT2D eigenvalue weighted by Crippen LogP contribution is -2.57. The fourth-order valence-corrected chi connectivity index (χ4v) is 5.32. The molecule has 7 nitrogen and oxygen atoms in total. The van der Waals surface area contributed by atoms with Gasteiger partial charge in [0, 0.05) is 39.3 Å². The standard InChI is InChI=1S/C18H26FN3O4S/c1-14-12-22(13-15(2)26-14)27(24,25)21-9-7-20(8-10-21)18(23)11-16-5-3-4-6-17(16)19/h3-6,14-15H,7-13H2,1-2H3/t14-,15-/m1/s1. The van der Waals surface area contributed by atoms with Crippen LogP contribution in [0.4, 0.5) is 4.39 Å². The van der Waals surface area contributed by atoms with Crippen LogP contribution in [-0.2, 0) is 26.2 Å². The first-order valence-corrected chi connectivity index (χ1v) is 10.6. The van der Waals surface area contributed by atoms with Gasteiger partial charge >= 0.3 is 0 Å². The minimum absolute atomic E-state index is 0.0160. The molecule has 0 N–H and O–H groups in total. The molecule has 0 aliphatic carbocycles. The van der Waals surface area contributed by atoms with Crippen LogP contribution in [-0.4, -0.2) is 79.3 Å². The second-order valence-electron chi connectivity index (χ2n) is 7.13. The molecule has 0 radical (unpaired) electrons. The molecule has 3 rings (SSSR count). The molecule has 2 heterocycles. The number of halogens is 1. The van der Waals surface area contributed by atoms with Crippen molar-refractivity contribution in [1.82, 2.24) is 13.5 Å². The number of rotatable bonds is 4. The van der Waals surface area contributed by atoms with E-state index in [2.05, 4.69) is 0 Å². The zero-order chi connectivity index (χ0) is 19.6. The molecule has 0 bridgehead atoms. The van der Waals surface area contributed by atoms with Gasteiger partial charge in [-0.05, 0) is 25.5 Å². The van der Waals surface area contributed by atoms with Crippen molar-refractivity contribution in [1.29, 1.82) is 0 Å². The minimum atomic E-state index is -3.58. The lowest BCUT2D eigenvalue weighted by atomic mass is 10.1. The Hall–Kier alpha value is -1.55. The Balaban J connectivity index is 1.58. The summed E-state index contributed by atoms with van der Waals surface area (Å²) >= 11 is 0. The summed E-state index contributed by atoms with van der Waals surface area (Å²) in [4.78, 5) is 14.0. The van der Waals surface area contributed by atoms with Crippen LogP contribution in [0.5, 0.6) is 0 Å². The number of amides is 1. The van der Waals surface area contributed by atoms with Crippen LogP contribution < -0.4 is 0 Å². The number of benzene rings is 1. The third kappa shape index (κ3) is 4.66. The average Bonchev–Trinajstić information content (AvgIpc) is 2.63. The molecule has 1 amide bonds. The van der Waals surface area contributed by atoms with Crippen LogP contribution in [0.25, 0.3) is 0 Å². The normalized spacial score (nSPS) is 25.5. The fraction of sp³-hybridized carbons (Fsp3) is 0.611. The molecule has 1 aromatic rings. The molecule has 2 atom stereocenters. The molecular weight excluding hydrogens is 373 g/mol. The first-order chi connectivity index (χ1) is 12.8. The van der Waals surface area contributed by atoms with Gasteiger partial charge in [0.15, 0.2) is 0 Å². The number of carbonyl (C=O) groups is 1. The van der Waals surface area contributed by atoms with Gasteiger partial charge in [-0.1, -0.05) is 18.2 Å². The van der Waals surface area contributed by atoms with Crippen molar-refractivity contribution in [2.24, 2.45) is 0 Å². The van der Waals surface area contributed by atoms with Gasteiger partial charge in [0.05, 0.1) is 18.6 Å². The quantitative estimate of drug-likeness (QED) is 0.753. The highest BCUT2D eigenvalue weighted by Gasteiger charge is 2.37. The van der Waals surface area contributed by atoms with E-state index >= 15 is 0 Å². The van der Waals surface area contributed by atoms with Gasteiger partial charge in [0.2, 0.25) is 5.91 Å². The Morgan fingerprint density at radius 2 is 1.67 bits per heavy atom. The van der Waals surface area contributed by atoms with Gasteiger partial charge < -0.3 is 9.64 Å². The van der Waals surface area contributed by atoms with Gasteiger partial charge in [-0.2, -0.15) is 17.0 Å². The number of piperazine rings is 1. The van der Waals surface area contributed by atoms with E-state index in [0.29, 0.717) is 31.7 Å². The predicted octanol–water partition coefficient (Wildman–Crippen LogP) is 0.866.